The van der Waals surface area contributed by atoms with Crippen molar-refractivity contribution < 1.29 is 83.4 Å². The second-order valence-corrected chi connectivity index (χ2v) is 110. The molecule has 137 heavy (non-hydrogen) atoms. The quantitative estimate of drug-likeness (QED) is 0.0555. The van der Waals surface area contributed by atoms with Crippen LogP contribution in [-0.4, -0.2) is 66.5 Å². The van der Waals surface area contributed by atoms with Crippen molar-refractivity contribution >= 4 is 145 Å². The van der Waals surface area contributed by atoms with Crippen molar-refractivity contribution in [1.29, 1.82) is 0 Å². The fraction of sp³-hybridized carbons (Fsp3) is 0.795. The Bertz CT molecular complexity index is 3600. The summed E-state index contributed by atoms with van der Waals surface area (Å²) in [5, 5.41) is 3.05. The first-order valence-electron chi connectivity index (χ1n) is 56.1. The number of rotatable bonds is 26. The van der Waals surface area contributed by atoms with Gasteiger partial charge in [0.2, 0.25) is 0 Å². The molecule has 16 fully saturated rings. The first-order chi connectivity index (χ1) is 62.7. The summed E-state index contributed by atoms with van der Waals surface area (Å²) in [4.78, 5) is 0. The molecule has 20 heteroatoms. The van der Waals surface area contributed by atoms with E-state index in [4.69, 9.17) is 68.1 Å². The van der Waals surface area contributed by atoms with E-state index in [9.17, 15) is 0 Å². The molecule has 39 unspecified atom stereocenters. The van der Waals surface area contributed by atoms with E-state index in [-0.39, 0.29) is 59.4 Å². The molecule has 16 aliphatic rings. The Morgan fingerprint density at radius 2 is 0.555 bits per heavy atom. The van der Waals surface area contributed by atoms with Gasteiger partial charge in [0.05, 0.1) is 0 Å². The molecule has 16 saturated carbocycles. The van der Waals surface area contributed by atoms with Gasteiger partial charge in [-0.3, -0.25) is 0 Å². The van der Waals surface area contributed by atoms with Gasteiger partial charge >= 0.3 is 151 Å². The number of unbranched alkanes of at least 4 members (excludes halogenated alkanes) is 4. The standard InChI is InChI=1S/C33H50Si2.C29H48Si2.C24H46Si2.C23H44Si2.8CH3.8ClH.4Zr/c1-4-5-10-23-17-18-26(21-23)34(2)35(3)32-20-19-30-31(32)22-25-13-9-15-28(25)33(30)29-16-8-12-24-11-6-7-14-27(24)29;1-4-5-10-21-15-16-24(19-21)30(2)31(3)28-18-17-26-27(28)20-23-13-9-14-25(23)29(26)22-11-7-6-8-12-22;1-5-6-8-18-11-12-20(15-18)25(3)26(4)24-14-13-22-17(2)21-10-7-9-19(21)16-23(22)24;1-4-5-7-17-10-12-21(14-17)24(2)25(3)23-13-11-20-15-18-8-6-9-19(18)16-22(20)23;;;;;;;;;;;;;;;;;;;;/h6-8,11-12,14,16,23,25-26,28,30-35H,4-5,9-10,13,15,17-22H2,1-3H3;6-8,11-12,21,23-31H,4-5,9-10,13-20H2,1-3H3;17-26H,5-16H2,1-4H3;17-25H,4-16H2,1-3H3;8*1H3;8*1H;;;;/q;;;;8*-1;;;;;;;;;4*+4/p-8. The van der Waals surface area contributed by atoms with Gasteiger partial charge in [0.1, 0.15) is 0 Å². The predicted octanol–water partition coefficient (Wildman–Crippen LogP) is 40.3. The van der Waals surface area contributed by atoms with Gasteiger partial charge in [0, 0.05) is 66.5 Å². The normalized spacial score (nSPS) is 36.9. The number of fused-ring (bicyclic) bond motifs is 9. The topological polar surface area (TPSA) is 0 Å². The van der Waals surface area contributed by atoms with E-state index < -0.39 is 150 Å². The zero-order valence-corrected chi connectivity index (χ0v) is 117. The minimum absolute atomic E-state index is 0. The molecule has 0 aromatic heterocycles. The second kappa shape index (κ2) is 70.2. The van der Waals surface area contributed by atoms with Crippen LogP contribution >= 0.6 is 68.1 Å². The zero-order valence-electron chi connectivity index (χ0n) is 92.1. The summed E-state index contributed by atoms with van der Waals surface area (Å²) in [5.41, 5.74) is 13.3. The van der Waals surface area contributed by atoms with Crippen LogP contribution in [0.4, 0.5) is 0 Å². The van der Waals surface area contributed by atoms with Crippen molar-refractivity contribution in [3.8, 4) is 0 Å². The Balaban J connectivity index is 0.000000362. The molecule has 784 valence electrons. The summed E-state index contributed by atoms with van der Waals surface area (Å²) in [5.74, 6) is 24.9. The SMILES string of the molecule is CCCCC1CCC([SiH](C)[SiH](C)C2CCC3C(C)C4CCCC4CC32)C1.CCCCC1CCC([SiH](C)[SiH](C)C2CCC3C2CC2CCCC2C3c2cccc3ccccc23)C1.CCCCC1CCC([SiH](C)[SiH](C)C2CCC3C2CC2CCCC2C3c2ccccc2)C1.CCCCC1CCC([SiH](C)[SiH](C)C2CCC3CC4CCCC4CC32)C1.[CH3-].[CH3-].[CH3-].[CH3-].[CH3-].[CH3-].[CH3-].[CH3-].[Cl][Zr+2][Cl].[Cl][Zr+2][Cl].[Cl][Zr+2][Cl].[Cl][Zr+2][Cl]. The van der Waals surface area contributed by atoms with E-state index >= 15 is 0 Å². The molecule has 0 heterocycles. The van der Waals surface area contributed by atoms with Gasteiger partial charge in [0.15, 0.2) is 0 Å². The molecule has 0 bridgehead atoms. The van der Waals surface area contributed by atoms with Gasteiger partial charge in [-0.05, 0) is 251 Å². The summed E-state index contributed by atoms with van der Waals surface area (Å²) in [7, 11) is 35.4. The molecule has 3 aromatic rings. The van der Waals surface area contributed by atoms with Crippen molar-refractivity contribution in [2.75, 3.05) is 0 Å². The van der Waals surface area contributed by atoms with Crippen LogP contribution in [0.1, 0.15) is 372 Å². The Morgan fingerprint density at radius 3 is 0.964 bits per heavy atom. The van der Waals surface area contributed by atoms with E-state index in [0.29, 0.717) is 0 Å². The van der Waals surface area contributed by atoms with Gasteiger partial charge in [-0.1, -0.05) is 426 Å². The van der Waals surface area contributed by atoms with Crippen LogP contribution in [0.3, 0.4) is 0 Å². The second-order valence-electron chi connectivity index (χ2n) is 48.4. The molecule has 39 atom stereocenters. The van der Waals surface area contributed by atoms with Crippen LogP contribution in [0, 0.1) is 184 Å². The van der Waals surface area contributed by atoms with Gasteiger partial charge in [0.25, 0.3) is 0 Å². The van der Waals surface area contributed by atoms with Crippen molar-refractivity contribution in [2.45, 2.75) is 458 Å². The van der Waals surface area contributed by atoms with Crippen LogP contribution in [-0.2, 0) is 83.4 Å². The van der Waals surface area contributed by atoms with Crippen LogP contribution in [0.25, 0.3) is 10.8 Å². The molecule has 0 nitrogen and oxygen atoms in total. The van der Waals surface area contributed by atoms with Gasteiger partial charge in [-0.25, -0.2) is 0 Å². The van der Waals surface area contributed by atoms with Crippen LogP contribution in [0.5, 0.6) is 0 Å². The monoisotopic (exact) mass is 2480 g/mol. The minimum atomic E-state index is -0.826. The van der Waals surface area contributed by atoms with E-state index in [1.807, 2.05) is 0 Å². The van der Waals surface area contributed by atoms with Crippen LogP contribution in [0.15, 0.2) is 72.8 Å². The molecule has 3 aromatic carbocycles. The van der Waals surface area contributed by atoms with E-state index in [2.05, 4.69) is 160 Å². The maximum absolute atomic E-state index is 4.93. The zero-order chi connectivity index (χ0) is 91.8. The third kappa shape index (κ3) is 35.5. The van der Waals surface area contributed by atoms with Crippen molar-refractivity contribution in [1.82, 2.24) is 0 Å². The Kier molecular flexibility index (Phi) is 69.1. The average Bonchev–Trinajstić information content (AvgIpc) is 1.60. The number of hydrogen-bond donors (Lipinski definition) is 0. The predicted molar refractivity (Wildman–Crippen MR) is 636 cm³/mol. The first-order valence-corrected chi connectivity index (χ1v) is 107. The fourth-order valence-electron chi connectivity index (χ4n) is 36.5. The molecule has 0 spiro atoms. The van der Waals surface area contributed by atoms with E-state index in [1.165, 1.54) is 169 Å². The fourth-order valence-corrected chi connectivity index (χ4v) is 86.5. The molecule has 19 rings (SSSR count). The molecule has 0 N–H and O–H groups in total. The summed E-state index contributed by atoms with van der Waals surface area (Å²) in [6.07, 6.45) is 77.1. The average molecular weight is 2490 g/mol. The number of benzene rings is 3. The van der Waals surface area contributed by atoms with Crippen molar-refractivity contribution in [3.63, 3.8) is 0 Å². The molecule has 16 aliphatic carbocycles. The van der Waals surface area contributed by atoms with Crippen molar-refractivity contribution in [2.24, 2.45) is 124 Å². The van der Waals surface area contributed by atoms with Gasteiger partial charge in [-0.15, -0.1) is 0 Å². The summed E-state index contributed by atoms with van der Waals surface area (Å²) >= 11 is -3.30. The number of hydrogen-bond acceptors (Lipinski definition) is 0. The summed E-state index contributed by atoms with van der Waals surface area (Å²) in [6, 6.07) is 28.4. The summed E-state index contributed by atoms with van der Waals surface area (Å²) < 4.78 is 0. The van der Waals surface area contributed by atoms with Crippen LogP contribution in [0.2, 0.25) is 96.7 Å². The van der Waals surface area contributed by atoms with Gasteiger partial charge < -0.3 is 59.4 Å². The first kappa shape index (κ1) is 135. The summed E-state index contributed by atoms with van der Waals surface area (Å²) in [6.45, 7) is 35.1. The Morgan fingerprint density at radius 1 is 0.255 bits per heavy atom. The van der Waals surface area contributed by atoms with E-state index in [1.54, 1.807) is 241 Å². The van der Waals surface area contributed by atoms with Gasteiger partial charge in [-0.2, -0.15) is 0 Å². The molecule has 0 aliphatic heterocycles. The van der Waals surface area contributed by atoms with E-state index in [0.717, 1.165) is 107 Å². The molecule has 0 amide bonds. The van der Waals surface area contributed by atoms with Crippen LogP contribution < -0.4 is 0 Å². The molecule has 0 saturated heterocycles. The maximum atomic E-state index is 4.93. The third-order valence-corrected chi connectivity index (χ3v) is 99.5. The number of halogens is 8. The van der Waals surface area contributed by atoms with Crippen molar-refractivity contribution in [3.05, 3.63) is 143 Å². The Labute approximate surface area is 942 Å². The molecular weight excluding hydrogens is 2280 g/mol. The molecule has 0 radical (unpaired) electrons. The molecular formula is C117H212Cl8Si8Zr4. The third-order valence-electron chi connectivity index (χ3n) is 43.4. The Hall–Kier alpha value is 5.51.